The quantitative estimate of drug-likeness (QED) is 0.180. The first-order chi connectivity index (χ1) is 17.2. The van der Waals surface area contributed by atoms with Gasteiger partial charge in [-0.15, -0.1) is 0 Å². The van der Waals surface area contributed by atoms with Crippen LogP contribution >= 0.6 is 0 Å². The van der Waals surface area contributed by atoms with Crippen LogP contribution in [0.3, 0.4) is 0 Å². The average molecular weight is 492 g/mol. The Bertz CT molecular complexity index is 1160. The number of amides is 1. The lowest BCUT2D eigenvalue weighted by Gasteiger charge is -2.17. The standard InChI is InChI=1S/C24H25N3O5.C4H8/c1-4-17(16-9-7-6-8-10-16)15(3)13-27-19-11-12-26-24(32-14-20(28)29)21(19)18(5-2)22(30)23(25)31;1-3-4-2/h4-12H,1,13-14H2,2-3H3,(H2,25,31)(H,26,27)(H,28,29);3-4H,1-2H3/b17-15-,18-5-;4-3-. The van der Waals surface area contributed by atoms with E-state index >= 15 is 0 Å². The van der Waals surface area contributed by atoms with Crippen LogP contribution in [-0.4, -0.2) is 40.9 Å². The Labute approximate surface area is 211 Å². The molecule has 0 aliphatic carbocycles. The molecule has 4 N–H and O–H groups in total. The number of rotatable bonds is 11. The summed E-state index contributed by atoms with van der Waals surface area (Å²) in [7, 11) is 0. The molecule has 0 bridgehead atoms. The van der Waals surface area contributed by atoms with Gasteiger partial charge in [0.1, 0.15) is 0 Å². The predicted molar refractivity (Wildman–Crippen MR) is 143 cm³/mol. The van der Waals surface area contributed by atoms with Gasteiger partial charge in [0.15, 0.2) is 6.61 Å². The third-order valence-corrected chi connectivity index (χ3v) is 4.90. The summed E-state index contributed by atoms with van der Waals surface area (Å²) >= 11 is 0. The number of pyridine rings is 1. The number of ketones is 1. The van der Waals surface area contributed by atoms with Crippen molar-refractivity contribution in [2.45, 2.75) is 27.7 Å². The number of hydrogen-bond acceptors (Lipinski definition) is 6. The first kappa shape index (κ1) is 29.6. The highest BCUT2D eigenvalue weighted by molar-refractivity contribution is 6.53. The maximum atomic E-state index is 12.4. The van der Waals surface area contributed by atoms with Crippen molar-refractivity contribution in [3.05, 3.63) is 90.2 Å². The molecular weight excluding hydrogens is 458 g/mol. The fourth-order valence-electron chi connectivity index (χ4n) is 3.09. The highest BCUT2D eigenvalue weighted by Gasteiger charge is 2.24. The van der Waals surface area contributed by atoms with Crippen molar-refractivity contribution in [3.63, 3.8) is 0 Å². The number of ether oxygens (including phenoxy) is 1. The number of allylic oxidation sites excluding steroid dienone is 5. The Morgan fingerprint density at radius 3 is 2.25 bits per heavy atom. The van der Waals surface area contributed by atoms with Crippen LogP contribution in [0.5, 0.6) is 5.88 Å². The molecule has 0 saturated heterocycles. The number of carbonyl (C=O) groups is 3. The number of nitrogens with one attached hydrogen (secondary N) is 1. The van der Waals surface area contributed by atoms with Gasteiger partial charge in [0, 0.05) is 24.0 Å². The van der Waals surface area contributed by atoms with Crippen LogP contribution in [0.15, 0.2) is 79.1 Å². The average Bonchev–Trinajstić information content (AvgIpc) is 2.88. The Balaban J connectivity index is 0.00000150. The molecule has 0 unspecified atom stereocenters. The summed E-state index contributed by atoms with van der Waals surface area (Å²) in [6.07, 6.45) is 8.58. The van der Waals surface area contributed by atoms with Crippen molar-refractivity contribution in [3.8, 4) is 5.88 Å². The summed E-state index contributed by atoms with van der Waals surface area (Å²) in [6, 6.07) is 11.3. The molecule has 1 heterocycles. The topological polar surface area (TPSA) is 132 Å². The van der Waals surface area contributed by atoms with Crippen LogP contribution < -0.4 is 15.8 Å². The van der Waals surface area contributed by atoms with Crippen molar-refractivity contribution in [1.82, 2.24) is 4.98 Å². The summed E-state index contributed by atoms with van der Waals surface area (Å²) in [6.45, 7) is 11.1. The Morgan fingerprint density at radius 1 is 1.11 bits per heavy atom. The van der Waals surface area contributed by atoms with Gasteiger partial charge in [-0.3, -0.25) is 9.59 Å². The molecule has 1 amide bonds. The molecular formula is C28H33N3O5. The summed E-state index contributed by atoms with van der Waals surface area (Å²) < 4.78 is 5.27. The molecule has 8 heteroatoms. The number of aliphatic carboxylic acids is 1. The van der Waals surface area contributed by atoms with E-state index in [2.05, 4.69) is 16.9 Å². The highest BCUT2D eigenvalue weighted by atomic mass is 16.5. The summed E-state index contributed by atoms with van der Waals surface area (Å²) in [4.78, 5) is 39.0. The van der Waals surface area contributed by atoms with Crippen molar-refractivity contribution in [1.29, 1.82) is 0 Å². The minimum atomic E-state index is -1.21. The van der Waals surface area contributed by atoms with Gasteiger partial charge in [-0.05, 0) is 50.5 Å². The van der Waals surface area contributed by atoms with Crippen LogP contribution in [0.25, 0.3) is 11.1 Å². The second kappa shape index (κ2) is 15.4. The van der Waals surface area contributed by atoms with Gasteiger partial charge in [-0.25, -0.2) is 9.78 Å². The van der Waals surface area contributed by atoms with E-state index in [4.69, 9.17) is 15.6 Å². The van der Waals surface area contributed by atoms with Crippen LogP contribution in [0.4, 0.5) is 5.69 Å². The van der Waals surface area contributed by atoms with Gasteiger partial charge < -0.3 is 20.9 Å². The minimum Gasteiger partial charge on any atom is -0.479 e. The number of nitrogens with two attached hydrogens (primary N) is 1. The van der Waals surface area contributed by atoms with Gasteiger partial charge in [-0.1, -0.05) is 61.2 Å². The molecule has 0 radical (unpaired) electrons. The molecule has 1 aromatic heterocycles. The van der Waals surface area contributed by atoms with E-state index in [1.807, 2.05) is 63.3 Å². The second-order valence-electron chi connectivity index (χ2n) is 7.40. The number of Topliss-reactive ketones (excluding diaryl/α,β-unsaturated/α-hetero) is 1. The molecule has 2 rings (SSSR count). The lowest BCUT2D eigenvalue weighted by atomic mass is 9.99. The van der Waals surface area contributed by atoms with Gasteiger partial charge in [0.05, 0.1) is 5.56 Å². The molecule has 0 aliphatic rings. The van der Waals surface area contributed by atoms with Crippen LogP contribution in [0, 0.1) is 0 Å². The van der Waals surface area contributed by atoms with Crippen molar-refractivity contribution in [2.24, 2.45) is 5.73 Å². The number of carbonyl (C=O) groups excluding carboxylic acids is 2. The first-order valence-electron chi connectivity index (χ1n) is 11.2. The SMILES string of the molecule is C/C=C\C.C=C/C(=C(\C)CNc1ccnc(OCC(=O)O)c1/C(=C/C)C(=O)C(N)=O)c1ccccc1. The van der Waals surface area contributed by atoms with Crippen molar-refractivity contribution < 1.29 is 24.2 Å². The van der Waals surface area contributed by atoms with E-state index in [0.717, 1.165) is 16.7 Å². The zero-order chi connectivity index (χ0) is 27.1. The van der Waals surface area contributed by atoms with Gasteiger partial charge in [-0.2, -0.15) is 0 Å². The summed E-state index contributed by atoms with van der Waals surface area (Å²) in [5.74, 6) is -3.40. The normalized spacial score (nSPS) is 11.6. The van der Waals surface area contributed by atoms with E-state index in [0.29, 0.717) is 12.2 Å². The zero-order valence-corrected chi connectivity index (χ0v) is 21.1. The molecule has 8 nitrogen and oxygen atoms in total. The molecule has 0 saturated carbocycles. The van der Waals surface area contributed by atoms with Gasteiger partial charge >= 0.3 is 5.97 Å². The maximum Gasteiger partial charge on any atom is 0.341 e. The third-order valence-electron chi connectivity index (χ3n) is 4.90. The van der Waals surface area contributed by atoms with E-state index in [1.165, 1.54) is 12.3 Å². The van der Waals surface area contributed by atoms with Crippen LogP contribution in [0.2, 0.25) is 0 Å². The Kier molecular flexibility index (Phi) is 12.7. The predicted octanol–water partition coefficient (Wildman–Crippen LogP) is 4.66. The lowest BCUT2D eigenvalue weighted by molar-refractivity contribution is -0.139. The molecule has 0 fully saturated rings. The Morgan fingerprint density at radius 2 is 1.75 bits per heavy atom. The van der Waals surface area contributed by atoms with Crippen LogP contribution in [-0.2, 0) is 14.4 Å². The Hall–Kier alpha value is -4.46. The van der Waals surface area contributed by atoms with Crippen molar-refractivity contribution >= 4 is 34.5 Å². The van der Waals surface area contributed by atoms with Gasteiger partial charge in [0.2, 0.25) is 11.7 Å². The molecule has 190 valence electrons. The third kappa shape index (κ3) is 8.72. The molecule has 0 spiro atoms. The fourth-order valence-corrected chi connectivity index (χ4v) is 3.09. The molecule has 36 heavy (non-hydrogen) atoms. The van der Waals surface area contributed by atoms with Crippen LogP contribution in [0.1, 0.15) is 38.8 Å². The maximum absolute atomic E-state index is 12.4. The number of hydrogen-bond donors (Lipinski definition) is 3. The molecule has 0 atom stereocenters. The lowest BCUT2D eigenvalue weighted by Crippen LogP contribution is -2.25. The smallest absolute Gasteiger partial charge is 0.341 e. The van der Waals surface area contributed by atoms with E-state index in [9.17, 15) is 14.4 Å². The van der Waals surface area contributed by atoms with E-state index < -0.39 is 24.3 Å². The summed E-state index contributed by atoms with van der Waals surface area (Å²) in [5.41, 5.74) is 8.65. The largest absolute Gasteiger partial charge is 0.479 e. The number of primary amides is 1. The molecule has 0 aliphatic heterocycles. The zero-order valence-electron chi connectivity index (χ0n) is 21.1. The first-order valence-corrected chi connectivity index (χ1v) is 11.2. The molecule has 1 aromatic carbocycles. The molecule has 2 aromatic rings. The van der Waals surface area contributed by atoms with E-state index in [1.54, 1.807) is 19.1 Å². The number of benzene rings is 1. The number of aromatic nitrogens is 1. The van der Waals surface area contributed by atoms with Gasteiger partial charge in [0.25, 0.3) is 5.91 Å². The second-order valence-corrected chi connectivity index (χ2v) is 7.40. The highest BCUT2D eigenvalue weighted by Crippen LogP contribution is 2.33. The fraction of sp³-hybridized carbons (Fsp3) is 0.214. The number of carboxylic acids is 1. The van der Waals surface area contributed by atoms with Crippen molar-refractivity contribution in [2.75, 3.05) is 18.5 Å². The monoisotopic (exact) mass is 491 g/mol. The number of carboxylic acid groups (broad SMARTS) is 1. The summed E-state index contributed by atoms with van der Waals surface area (Å²) in [5, 5.41) is 12.2. The number of nitrogens with zero attached hydrogens (tertiary/aromatic N) is 1. The number of anilines is 1. The van der Waals surface area contributed by atoms with E-state index in [-0.39, 0.29) is 17.0 Å². The minimum absolute atomic E-state index is 0.0397.